The van der Waals surface area contributed by atoms with Gasteiger partial charge in [0.05, 0.1) is 60.7 Å². The SMILES string of the molecule is C[C@@H]1CN([C@H]2CC(=O)N(c3ccc(N4C(=O)C[C@H](N5C[C@H](C)O[C@@H](C)C5)C4=O)cc3)C2=O)C[C@H](C)O1. The lowest BCUT2D eigenvalue weighted by molar-refractivity contribution is -0.128. The average Bonchev–Trinajstić information content (AvgIpc) is 3.27. The van der Waals surface area contributed by atoms with Crippen LogP contribution in [0.15, 0.2) is 24.3 Å². The van der Waals surface area contributed by atoms with Crippen LogP contribution in [0, 0.1) is 0 Å². The van der Waals surface area contributed by atoms with Crippen LogP contribution in [0.5, 0.6) is 0 Å². The molecule has 10 nitrogen and oxygen atoms in total. The molecule has 0 spiro atoms. The average molecular weight is 499 g/mol. The Balaban J connectivity index is 1.30. The number of anilines is 2. The van der Waals surface area contributed by atoms with Gasteiger partial charge in [-0.25, -0.2) is 9.80 Å². The topological polar surface area (TPSA) is 99.7 Å². The highest BCUT2D eigenvalue weighted by Crippen LogP contribution is 2.32. The highest BCUT2D eigenvalue weighted by Gasteiger charge is 2.46. The van der Waals surface area contributed by atoms with Crippen LogP contribution in [-0.2, 0) is 28.7 Å². The van der Waals surface area contributed by atoms with Crippen molar-refractivity contribution in [3.8, 4) is 0 Å². The van der Waals surface area contributed by atoms with Crippen LogP contribution in [0.4, 0.5) is 11.4 Å². The first-order chi connectivity index (χ1) is 17.1. The quantitative estimate of drug-likeness (QED) is 0.571. The summed E-state index contributed by atoms with van der Waals surface area (Å²) in [7, 11) is 0. The molecule has 0 aromatic heterocycles. The highest BCUT2D eigenvalue weighted by atomic mass is 16.5. The van der Waals surface area contributed by atoms with E-state index in [4.69, 9.17) is 9.47 Å². The standard InChI is InChI=1S/C26H34N4O6/c1-15-11-27(12-16(2)35-15)21-9-23(31)29(25(21)33)19-5-7-20(8-6-19)30-24(32)10-22(26(30)34)28-13-17(3)36-18(4)14-28/h5-8,15-18,21-22H,9-14H2,1-4H3/t15-,16-,17-,18+,21-,22-/m0/s1. The van der Waals surface area contributed by atoms with Gasteiger partial charge in [0.1, 0.15) is 0 Å². The van der Waals surface area contributed by atoms with Gasteiger partial charge in [-0.05, 0) is 52.0 Å². The fourth-order valence-electron chi connectivity index (χ4n) is 6.04. The van der Waals surface area contributed by atoms with Gasteiger partial charge in [0.2, 0.25) is 11.8 Å². The van der Waals surface area contributed by atoms with Gasteiger partial charge < -0.3 is 9.47 Å². The number of rotatable bonds is 4. The minimum atomic E-state index is -0.508. The summed E-state index contributed by atoms with van der Waals surface area (Å²) in [5, 5.41) is 0. The Bertz CT molecular complexity index is 958. The van der Waals surface area contributed by atoms with Crippen LogP contribution in [0.3, 0.4) is 0 Å². The third-order valence-corrected chi connectivity index (χ3v) is 7.39. The molecule has 4 fully saturated rings. The van der Waals surface area contributed by atoms with E-state index < -0.39 is 12.1 Å². The Labute approximate surface area is 211 Å². The van der Waals surface area contributed by atoms with Gasteiger partial charge in [0, 0.05) is 26.2 Å². The van der Waals surface area contributed by atoms with Crippen molar-refractivity contribution in [2.24, 2.45) is 0 Å². The van der Waals surface area contributed by atoms with E-state index in [2.05, 4.69) is 0 Å². The predicted molar refractivity (Wildman–Crippen MR) is 131 cm³/mol. The summed E-state index contributed by atoms with van der Waals surface area (Å²) in [5.41, 5.74) is 0.883. The molecule has 4 aliphatic rings. The van der Waals surface area contributed by atoms with Crippen molar-refractivity contribution >= 4 is 35.0 Å². The molecule has 0 N–H and O–H groups in total. The molecule has 1 aromatic rings. The number of morpholine rings is 2. The zero-order valence-electron chi connectivity index (χ0n) is 21.3. The van der Waals surface area contributed by atoms with Crippen LogP contribution in [0.2, 0.25) is 0 Å². The lowest BCUT2D eigenvalue weighted by atomic mass is 10.1. The molecular formula is C26H34N4O6. The molecule has 5 rings (SSSR count). The summed E-state index contributed by atoms with van der Waals surface area (Å²) >= 11 is 0. The number of hydrogen-bond acceptors (Lipinski definition) is 8. The third-order valence-electron chi connectivity index (χ3n) is 7.39. The summed E-state index contributed by atoms with van der Waals surface area (Å²) in [6.07, 6.45) is 0.227. The Morgan fingerprint density at radius 2 is 0.889 bits per heavy atom. The molecule has 4 saturated heterocycles. The number of amides is 4. The zero-order chi connectivity index (χ0) is 25.7. The lowest BCUT2D eigenvalue weighted by Gasteiger charge is -2.37. The van der Waals surface area contributed by atoms with Crippen LogP contribution in [0.25, 0.3) is 0 Å². The van der Waals surface area contributed by atoms with Gasteiger partial charge >= 0.3 is 0 Å². The van der Waals surface area contributed by atoms with E-state index in [0.717, 1.165) is 0 Å². The molecule has 0 unspecified atom stereocenters. The maximum absolute atomic E-state index is 13.2. The second-order valence-electron chi connectivity index (χ2n) is 10.5. The van der Waals surface area contributed by atoms with Gasteiger partial charge in [-0.1, -0.05) is 0 Å². The third kappa shape index (κ3) is 4.58. The predicted octanol–water partition coefficient (Wildman–Crippen LogP) is 1.17. The Hall–Kier alpha value is -2.66. The van der Waals surface area contributed by atoms with Gasteiger partial charge in [0.15, 0.2) is 0 Å². The Morgan fingerprint density at radius 1 is 0.583 bits per heavy atom. The van der Waals surface area contributed by atoms with Crippen LogP contribution in [0.1, 0.15) is 40.5 Å². The molecule has 10 heteroatoms. The Kier molecular flexibility index (Phi) is 6.71. The van der Waals surface area contributed by atoms with Crippen molar-refractivity contribution in [3.63, 3.8) is 0 Å². The van der Waals surface area contributed by atoms with E-state index in [1.165, 1.54) is 9.80 Å². The van der Waals surface area contributed by atoms with Crippen molar-refractivity contribution in [2.45, 2.75) is 77.0 Å². The summed E-state index contributed by atoms with van der Waals surface area (Å²) < 4.78 is 11.5. The van der Waals surface area contributed by atoms with Crippen molar-refractivity contribution in [1.82, 2.24) is 9.80 Å². The first-order valence-electron chi connectivity index (χ1n) is 12.7. The number of carbonyl (C=O) groups excluding carboxylic acids is 4. The van der Waals surface area contributed by atoms with Crippen molar-refractivity contribution in [1.29, 1.82) is 0 Å². The first-order valence-corrected chi connectivity index (χ1v) is 12.7. The summed E-state index contributed by atoms with van der Waals surface area (Å²) in [4.78, 5) is 58.6. The van der Waals surface area contributed by atoms with E-state index in [-0.39, 0.29) is 60.9 Å². The van der Waals surface area contributed by atoms with Crippen LogP contribution in [-0.4, -0.2) is 96.1 Å². The van der Waals surface area contributed by atoms with Crippen molar-refractivity contribution < 1.29 is 28.7 Å². The molecule has 1 aromatic carbocycles. The maximum atomic E-state index is 13.2. The summed E-state index contributed by atoms with van der Waals surface area (Å²) in [6, 6.07) is 5.50. The molecular weight excluding hydrogens is 464 g/mol. The number of nitrogens with zero attached hydrogens (tertiary/aromatic N) is 4. The molecule has 36 heavy (non-hydrogen) atoms. The largest absolute Gasteiger partial charge is 0.373 e. The molecule has 0 radical (unpaired) electrons. The van der Waals surface area contributed by atoms with Gasteiger partial charge in [-0.3, -0.25) is 29.0 Å². The fraction of sp³-hybridized carbons (Fsp3) is 0.615. The first kappa shape index (κ1) is 25.0. The van der Waals surface area contributed by atoms with E-state index >= 15 is 0 Å². The summed E-state index contributed by atoms with van der Waals surface area (Å²) in [6.45, 7) is 10.3. The number of ether oxygens (including phenoxy) is 2. The molecule has 194 valence electrons. The van der Waals surface area contributed by atoms with Crippen LogP contribution < -0.4 is 9.80 Å². The number of benzene rings is 1. The van der Waals surface area contributed by atoms with Crippen LogP contribution >= 0.6 is 0 Å². The molecule has 0 bridgehead atoms. The molecule has 4 amide bonds. The van der Waals surface area contributed by atoms with E-state index in [0.29, 0.717) is 37.6 Å². The molecule has 6 atom stereocenters. The van der Waals surface area contributed by atoms with Gasteiger partial charge in [-0.15, -0.1) is 0 Å². The monoisotopic (exact) mass is 498 g/mol. The molecule has 4 heterocycles. The minimum Gasteiger partial charge on any atom is -0.373 e. The Morgan fingerprint density at radius 3 is 1.19 bits per heavy atom. The normalized spacial score (nSPS) is 34.8. The molecule has 4 aliphatic heterocycles. The highest BCUT2D eigenvalue weighted by molar-refractivity contribution is 6.24. The van der Waals surface area contributed by atoms with Crippen molar-refractivity contribution in [3.05, 3.63) is 24.3 Å². The number of imide groups is 2. The maximum Gasteiger partial charge on any atom is 0.251 e. The molecule has 0 aliphatic carbocycles. The second-order valence-corrected chi connectivity index (χ2v) is 10.5. The number of carbonyl (C=O) groups is 4. The summed E-state index contributed by atoms with van der Waals surface area (Å²) in [5.74, 6) is -1.02. The van der Waals surface area contributed by atoms with E-state index in [1.807, 2.05) is 37.5 Å². The van der Waals surface area contributed by atoms with Gasteiger partial charge in [0.25, 0.3) is 11.8 Å². The fourth-order valence-corrected chi connectivity index (χ4v) is 6.04. The van der Waals surface area contributed by atoms with E-state index in [9.17, 15) is 19.2 Å². The second kappa shape index (κ2) is 9.66. The molecule has 0 saturated carbocycles. The van der Waals surface area contributed by atoms with Crippen molar-refractivity contribution in [2.75, 3.05) is 36.0 Å². The number of hydrogen-bond donors (Lipinski definition) is 0. The lowest BCUT2D eigenvalue weighted by Crippen LogP contribution is -2.52. The smallest absolute Gasteiger partial charge is 0.251 e. The zero-order valence-corrected chi connectivity index (χ0v) is 21.3. The minimum absolute atomic E-state index is 0.00627. The van der Waals surface area contributed by atoms with E-state index in [1.54, 1.807) is 24.3 Å². The van der Waals surface area contributed by atoms with Gasteiger partial charge in [-0.2, -0.15) is 0 Å².